The van der Waals surface area contributed by atoms with Gasteiger partial charge >= 0.3 is 18.2 Å². The van der Waals surface area contributed by atoms with Gasteiger partial charge in [0.15, 0.2) is 0 Å². The summed E-state index contributed by atoms with van der Waals surface area (Å²) in [6.45, 7) is 2.55. The molecule has 1 saturated heterocycles. The van der Waals surface area contributed by atoms with Crippen LogP contribution in [0.2, 0.25) is 5.02 Å². The van der Waals surface area contributed by atoms with E-state index >= 15 is 0 Å². The summed E-state index contributed by atoms with van der Waals surface area (Å²) in [7, 11) is 0. The molecule has 0 aliphatic carbocycles. The van der Waals surface area contributed by atoms with Crippen LogP contribution in [0.15, 0.2) is 53.5 Å². The van der Waals surface area contributed by atoms with Crippen LogP contribution in [-0.4, -0.2) is 50.6 Å². The van der Waals surface area contributed by atoms with Gasteiger partial charge in [0.05, 0.1) is 29.6 Å². The van der Waals surface area contributed by atoms with Crippen LogP contribution in [0.4, 0.5) is 23.7 Å². The fraction of sp³-hybridized carbons (Fsp3) is 0.348. The molecule has 2 aromatic rings. The Balaban J connectivity index is 2.00. The molecule has 0 bridgehead atoms. The maximum absolute atomic E-state index is 13.3. The van der Waals surface area contributed by atoms with Gasteiger partial charge in [0.25, 0.3) is 0 Å². The molecule has 2 amide bonds. The van der Waals surface area contributed by atoms with Gasteiger partial charge in [0, 0.05) is 11.6 Å². The molecule has 1 atom stereocenters. The number of aliphatic hydroxyl groups is 1. The predicted molar refractivity (Wildman–Crippen MR) is 120 cm³/mol. The molecule has 1 fully saturated rings. The summed E-state index contributed by atoms with van der Waals surface area (Å²) in [5.74, 6) is -1.10. The molecule has 1 unspecified atom stereocenters. The minimum atomic E-state index is -4.57. The summed E-state index contributed by atoms with van der Waals surface area (Å²) in [5, 5.41) is 20.6. The Hall–Kier alpha value is -3.11. The third kappa shape index (κ3) is 5.87. The standard InChI is InChI=1S/C23H23ClF3N3O4/c1-22(2,20(32)33)13-30-19(31)11-18(28-17-5-3-4-15(10-17)23(25,26)27)29(21(30)34)12-14-6-8-16(24)9-7-14/h3-10,19,31H,11-13H2,1-2H3,(H,32,33). The van der Waals surface area contributed by atoms with Crippen molar-refractivity contribution in [2.75, 3.05) is 6.54 Å². The number of urea groups is 1. The lowest BCUT2D eigenvalue weighted by molar-refractivity contribution is -0.148. The number of benzene rings is 2. The summed E-state index contributed by atoms with van der Waals surface area (Å²) in [6.07, 6.45) is -6.18. The minimum absolute atomic E-state index is 0.00941. The molecule has 1 aliphatic heterocycles. The van der Waals surface area contributed by atoms with Crippen LogP contribution in [0.1, 0.15) is 31.4 Å². The maximum atomic E-state index is 13.3. The van der Waals surface area contributed by atoms with Crippen LogP contribution in [-0.2, 0) is 17.5 Å². The smallest absolute Gasteiger partial charge is 0.416 e. The second-order valence-corrected chi connectivity index (χ2v) is 9.01. The van der Waals surface area contributed by atoms with Gasteiger partial charge in [-0.25, -0.2) is 9.79 Å². The number of carboxylic acid groups (broad SMARTS) is 1. The molecule has 7 nitrogen and oxygen atoms in total. The van der Waals surface area contributed by atoms with E-state index in [2.05, 4.69) is 4.99 Å². The number of amidine groups is 1. The highest BCUT2D eigenvalue weighted by molar-refractivity contribution is 6.30. The Morgan fingerprint density at radius 3 is 2.41 bits per heavy atom. The van der Waals surface area contributed by atoms with E-state index < -0.39 is 35.4 Å². The van der Waals surface area contributed by atoms with E-state index in [1.807, 2.05) is 0 Å². The van der Waals surface area contributed by atoms with Gasteiger partial charge in [-0.1, -0.05) is 29.8 Å². The normalized spacial score (nSPS) is 18.5. The van der Waals surface area contributed by atoms with E-state index in [-0.39, 0.29) is 31.0 Å². The van der Waals surface area contributed by atoms with Crippen molar-refractivity contribution >= 4 is 35.1 Å². The maximum Gasteiger partial charge on any atom is 0.416 e. The highest BCUT2D eigenvalue weighted by Crippen LogP contribution is 2.32. The first-order valence-corrected chi connectivity index (χ1v) is 10.6. The quantitative estimate of drug-likeness (QED) is 0.577. The summed E-state index contributed by atoms with van der Waals surface area (Å²) < 4.78 is 39.4. The van der Waals surface area contributed by atoms with Crippen LogP contribution in [0.3, 0.4) is 0 Å². The number of aliphatic imine (C=N–C) groups is 1. The first-order chi connectivity index (χ1) is 15.8. The van der Waals surface area contributed by atoms with E-state index in [9.17, 15) is 33.0 Å². The van der Waals surface area contributed by atoms with E-state index in [4.69, 9.17) is 11.6 Å². The number of aliphatic carboxylic acids is 1. The minimum Gasteiger partial charge on any atom is -0.481 e. The number of nitrogens with zero attached hydrogens (tertiary/aromatic N) is 3. The monoisotopic (exact) mass is 497 g/mol. The molecule has 2 aromatic carbocycles. The van der Waals surface area contributed by atoms with Crippen LogP contribution < -0.4 is 0 Å². The number of carbonyl (C=O) groups excluding carboxylic acids is 1. The Morgan fingerprint density at radius 1 is 1.18 bits per heavy atom. The van der Waals surface area contributed by atoms with Crippen molar-refractivity contribution < 1.29 is 33.0 Å². The van der Waals surface area contributed by atoms with E-state index in [1.165, 1.54) is 30.9 Å². The number of amides is 2. The number of aliphatic hydroxyl groups excluding tert-OH is 1. The molecule has 3 rings (SSSR count). The van der Waals surface area contributed by atoms with Crippen molar-refractivity contribution in [1.82, 2.24) is 9.80 Å². The lowest BCUT2D eigenvalue weighted by Gasteiger charge is -2.42. The second-order valence-electron chi connectivity index (χ2n) is 8.57. The van der Waals surface area contributed by atoms with Gasteiger partial charge in [-0.15, -0.1) is 0 Å². The van der Waals surface area contributed by atoms with Crippen LogP contribution in [0.25, 0.3) is 0 Å². The zero-order chi connectivity index (χ0) is 25.3. The highest BCUT2D eigenvalue weighted by Gasteiger charge is 2.41. The van der Waals surface area contributed by atoms with E-state index in [0.29, 0.717) is 10.6 Å². The number of halogens is 4. The van der Waals surface area contributed by atoms with Crippen molar-refractivity contribution in [2.45, 2.75) is 39.2 Å². The van der Waals surface area contributed by atoms with Gasteiger partial charge in [0.2, 0.25) is 0 Å². The van der Waals surface area contributed by atoms with Crippen molar-refractivity contribution in [3.8, 4) is 0 Å². The molecule has 2 N–H and O–H groups in total. The summed E-state index contributed by atoms with van der Waals surface area (Å²) >= 11 is 5.92. The molecule has 1 heterocycles. The molecule has 0 radical (unpaired) electrons. The van der Waals surface area contributed by atoms with Crippen molar-refractivity contribution in [3.63, 3.8) is 0 Å². The third-order valence-corrected chi connectivity index (χ3v) is 5.60. The topological polar surface area (TPSA) is 93.4 Å². The Labute approximate surface area is 199 Å². The number of hydrogen-bond acceptors (Lipinski definition) is 4. The molecule has 0 saturated carbocycles. The Bertz CT molecular complexity index is 1100. The average molecular weight is 498 g/mol. The van der Waals surface area contributed by atoms with Crippen LogP contribution >= 0.6 is 11.6 Å². The summed E-state index contributed by atoms with van der Waals surface area (Å²) in [6, 6.07) is 10.2. The van der Waals surface area contributed by atoms with Gasteiger partial charge in [-0.05, 0) is 49.7 Å². The molecule has 182 valence electrons. The number of rotatable bonds is 6. The fourth-order valence-corrected chi connectivity index (χ4v) is 3.51. The number of hydrogen-bond donors (Lipinski definition) is 2. The van der Waals surface area contributed by atoms with Gasteiger partial charge in [0.1, 0.15) is 12.1 Å². The lowest BCUT2D eigenvalue weighted by Crippen LogP contribution is -2.59. The van der Waals surface area contributed by atoms with Crippen molar-refractivity contribution in [1.29, 1.82) is 0 Å². The first-order valence-electron chi connectivity index (χ1n) is 10.3. The number of alkyl halides is 3. The Kier molecular flexibility index (Phi) is 7.23. The number of carbonyl (C=O) groups is 2. The summed E-state index contributed by atoms with van der Waals surface area (Å²) in [5.41, 5.74) is -1.63. The van der Waals surface area contributed by atoms with Gasteiger partial charge in [-0.2, -0.15) is 13.2 Å². The zero-order valence-electron chi connectivity index (χ0n) is 18.4. The molecular formula is C23H23ClF3N3O4. The highest BCUT2D eigenvalue weighted by atomic mass is 35.5. The second kappa shape index (κ2) is 9.63. The predicted octanol–water partition coefficient (Wildman–Crippen LogP) is 5.15. The molecule has 0 aromatic heterocycles. The zero-order valence-corrected chi connectivity index (χ0v) is 19.1. The molecular weight excluding hydrogens is 475 g/mol. The van der Waals surface area contributed by atoms with Gasteiger partial charge in [-0.3, -0.25) is 14.6 Å². The molecule has 34 heavy (non-hydrogen) atoms. The molecule has 11 heteroatoms. The molecule has 1 aliphatic rings. The van der Waals surface area contributed by atoms with Gasteiger partial charge < -0.3 is 10.2 Å². The van der Waals surface area contributed by atoms with E-state index in [1.54, 1.807) is 24.3 Å². The van der Waals surface area contributed by atoms with E-state index in [0.717, 1.165) is 17.0 Å². The van der Waals surface area contributed by atoms with Crippen LogP contribution in [0.5, 0.6) is 0 Å². The SMILES string of the molecule is CC(C)(CN1C(=O)N(Cc2ccc(Cl)cc2)C(=Nc2cccc(C(F)(F)F)c2)CC1O)C(=O)O. The lowest BCUT2D eigenvalue weighted by atomic mass is 9.92. The number of carboxylic acids is 1. The molecule has 0 spiro atoms. The van der Waals surface area contributed by atoms with Crippen LogP contribution in [0, 0.1) is 5.41 Å². The largest absolute Gasteiger partial charge is 0.481 e. The average Bonchev–Trinajstić information content (AvgIpc) is 2.75. The third-order valence-electron chi connectivity index (χ3n) is 5.34. The van der Waals surface area contributed by atoms with Crippen molar-refractivity contribution in [2.24, 2.45) is 10.4 Å². The Morgan fingerprint density at radius 2 is 1.82 bits per heavy atom. The summed E-state index contributed by atoms with van der Waals surface area (Å²) in [4.78, 5) is 31.4. The van der Waals surface area contributed by atoms with Crippen molar-refractivity contribution in [3.05, 3.63) is 64.7 Å². The fourth-order valence-electron chi connectivity index (χ4n) is 3.38. The first kappa shape index (κ1) is 25.5.